The van der Waals surface area contributed by atoms with Crippen LogP contribution in [-0.4, -0.2) is 4.57 Å². The number of hydrogen-bond donors (Lipinski definition) is 1. The molecular formula is C48H42N2. The quantitative estimate of drug-likeness (QED) is 0.163. The molecule has 1 spiro atoms. The fourth-order valence-corrected chi connectivity index (χ4v) is 8.41. The van der Waals surface area contributed by atoms with Gasteiger partial charge in [0.1, 0.15) is 0 Å². The standard InChI is InChI=1S/C34H26N2.2C7H8/c1-33(2)24-12-4-5-13-26(24)34(29-20-21(35)18-19-25(29)33)27-14-6-8-17-31(27)36-30-16-7-3-10-22(30)23-11-9-15-28(34)32(23)36;2*1-7-5-3-2-4-6-7/h3-20H,35H2,1-2H3;2*2-6H,1H3. The van der Waals surface area contributed by atoms with E-state index in [2.05, 4.69) is 166 Å². The molecule has 2 heterocycles. The monoisotopic (exact) mass is 646 g/mol. The van der Waals surface area contributed by atoms with Gasteiger partial charge < -0.3 is 10.3 Å². The Balaban J connectivity index is 0.000000215. The Labute approximate surface area is 295 Å². The molecule has 2 nitrogen and oxygen atoms in total. The number of nitrogens with two attached hydrogens (primary N) is 1. The Bertz CT molecular complexity index is 2450. The molecule has 1 aromatic heterocycles. The highest BCUT2D eigenvalue weighted by Crippen LogP contribution is 2.60. The van der Waals surface area contributed by atoms with Gasteiger partial charge in [-0.15, -0.1) is 0 Å². The van der Waals surface area contributed by atoms with Crippen molar-refractivity contribution in [3.05, 3.63) is 214 Å². The first-order valence-corrected chi connectivity index (χ1v) is 17.5. The van der Waals surface area contributed by atoms with Gasteiger partial charge in [-0.05, 0) is 71.5 Å². The van der Waals surface area contributed by atoms with Crippen LogP contribution in [0.4, 0.5) is 5.69 Å². The summed E-state index contributed by atoms with van der Waals surface area (Å²) >= 11 is 0. The van der Waals surface area contributed by atoms with Gasteiger partial charge in [-0.25, -0.2) is 0 Å². The van der Waals surface area contributed by atoms with Crippen molar-refractivity contribution < 1.29 is 0 Å². The SMILES string of the molecule is CC1(C)c2ccccc2C2(c3ccccc3-n3c4ccccc4c4cccc2c43)c2cc(N)ccc21.Cc1ccccc1.Cc1ccccc1. The highest BCUT2D eigenvalue weighted by molar-refractivity contribution is 6.12. The number of para-hydroxylation sites is 3. The van der Waals surface area contributed by atoms with Crippen molar-refractivity contribution in [3.63, 3.8) is 0 Å². The van der Waals surface area contributed by atoms with Gasteiger partial charge in [0.25, 0.3) is 0 Å². The molecule has 0 radical (unpaired) electrons. The molecule has 10 rings (SSSR count). The molecule has 1 aliphatic carbocycles. The maximum absolute atomic E-state index is 6.55. The van der Waals surface area contributed by atoms with Crippen molar-refractivity contribution in [2.24, 2.45) is 0 Å². The van der Waals surface area contributed by atoms with E-state index >= 15 is 0 Å². The average Bonchev–Trinajstić information content (AvgIpc) is 3.48. The molecule has 1 atom stereocenters. The first-order valence-electron chi connectivity index (χ1n) is 17.5. The fraction of sp³-hybridized carbons (Fsp3) is 0.125. The predicted octanol–water partition coefficient (Wildman–Crippen LogP) is 11.7. The third-order valence-corrected chi connectivity index (χ3v) is 10.7. The average molecular weight is 647 g/mol. The van der Waals surface area contributed by atoms with Gasteiger partial charge in [-0.3, -0.25) is 0 Å². The van der Waals surface area contributed by atoms with Crippen molar-refractivity contribution >= 4 is 27.5 Å². The van der Waals surface area contributed by atoms with Crippen LogP contribution >= 0.6 is 0 Å². The molecule has 2 heteroatoms. The Hall–Kier alpha value is -5.86. The lowest BCUT2D eigenvalue weighted by atomic mass is 9.53. The van der Waals surface area contributed by atoms with Gasteiger partial charge in [0.05, 0.1) is 22.1 Å². The summed E-state index contributed by atoms with van der Waals surface area (Å²) < 4.78 is 2.48. The van der Waals surface area contributed by atoms with Gasteiger partial charge in [0, 0.05) is 21.9 Å². The molecule has 0 amide bonds. The molecule has 8 aromatic rings. The third kappa shape index (κ3) is 4.78. The first-order chi connectivity index (χ1) is 24.3. The summed E-state index contributed by atoms with van der Waals surface area (Å²) in [4.78, 5) is 0. The summed E-state index contributed by atoms with van der Waals surface area (Å²) in [6.45, 7) is 8.86. The van der Waals surface area contributed by atoms with E-state index in [1.54, 1.807) is 0 Å². The second-order valence-corrected chi connectivity index (χ2v) is 14.1. The van der Waals surface area contributed by atoms with Crippen molar-refractivity contribution in [3.8, 4) is 5.69 Å². The number of benzene rings is 7. The van der Waals surface area contributed by atoms with E-state index in [0.717, 1.165) is 5.69 Å². The van der Waals surface area contributed by atoms with E-state index in [-0.39, 0.29) is 5.41 Å². The molecule has 2 N–H and O–H groups in total. The van der Waals surface area contributed by atoms with E-state index in [1.807, 2.05) is 36.4 Å². The van der Waals surface area contributed by atoms with Crippen molar-refractivity contribution in [2.45, 2.75) is 38.5 Å². The predicted molar refractivity (Wildman–Crippen MR) is 212 cm³/mol. The number of hydrogen-bond acceptors (Lipinski definition) is 1. The lowest BCUT2D eigenvalue weighted by Crippen LogP contribution is -2.44. The summed E-state index contributed by atoms with van der Waals surface area (Å²) in [6.07, 6.45) is 0. The Kier molecular flexibility index (Phi) is 7.68. The number of nitrogen functional groups attached to an aromatic ring is 1. The van der Waals surface area contributed by atoms with E-state index in [4.69, 9.17) is 5.73 Å². The van der Waals surface area contributed by atoms with Gasteiger partial charge in [0.2, 0.25) is 0 Å². The second-order valence-electron chi connectivity index (χ2n) is 14.1. The Morgan fingerprint density at radius 3 is 1.62 bits per heavy atom. The topological polar surface area (TPSA) is 30.9 Å². The lowest BCUT2D eigenvalue weighted by molar-refractivity contribution is 0.556. The normalized spacial score (nSPS) is 15.9. The Morgan fingerprint density at radius 1 is 0.440 bits per heavy atom. The zero-order chi connectivity index (χ0) is 34.5. The summed E-state index contributed by atoms with van der Waals surface area (Å²) in [7, 11) is 0. The van der Waals surface area contributed by atoms with Crippen LogP contribution in [0.25, 0.3) is 27.5 Å². The van der Waals surface area contributed by atoms with Crippen molar-refractivity contribution in [1.82, 2.24) is 4.57 Å². The van der Waals surface area contributed by atoms with Gasteiger partial charge in [-0.1, -0.05) is 171 Å². The highest BCUT2D eigenvalue weighted by Gasteiger charge is 2.52. The first kappa shape index (κ1) is 31.4. The smallest absolute Gasteiger partial charge is 0.0749 e. The molecule has 1 aliphatic heterocycles. The Morgan fingerprint density at radius 2 is 0.960 bits per heavy atom. The summed E-state index contributed by atoms with van der Waals surface area (Å²) in [5, 5.41) is 2.59. The van der Waals surface area contributed by atoms with Crippen molar-refractivity contribution in [1.29, 1.82) is 0 Å². The van der Waals surface area contributed by atoms with E-state index in [1.165, 1.54) is 72.0 Å². The minimum absolute atomic E-state index is 0.141. The third-order valence-electron chi connectivity index (χ3n) is 10.7. The fourth-order valence-electron chi connectivity index (χ4n) is 8.41. The van der Waals surface area contributed by atoms with Crippen LogP contribution in [0.5, 0.6) is 0 Å². The van der Waals surface area contributed by atoms with Crippen LogP contribution in [0.2, 0.25) is 0 Å². The number of rotatable bonds is 0. The molecular weight excluding hydrogens is 605 g/mol. The van der Waals surface area contributed by atoms with Crippen LogP contribution in [0.1, 0.15) is 58.4 Å². The van der Waals surface area contributed by atoms with Crippen molar-refractivity contribution in [2.75, 3.05) is 5.73 Å². The van der Waals surface area contributed by atoms with Crippen LogP contribution in [0, 0.1) is 13.8 Å². The number of anilines is 1. The van der Waals surface area contributed by atoms with Gasteiger partial charge >= 0.3 is 0 Å². The van der Waals surface area contributed by atoms with E-state index in [9.17, 15) is 0 Å². The number of aromatic nitrogens is 1. The van der Waals surface area contributed by atoms with Crippen LogP contribution in [0.15, 0.2) is 170 Å². The zero-order valence-electron chi connectivity index (χ0n) is 29.2. The molecule has 7 aromatic carbocycles. The lowest BCUT2D eigenvalue weighted by Gasteiger charge is -2.50. The maximum atomic E-state index is 6.55. The molecule has 0 bridgehead atoms. The number of nitrogens with zero attached hydrogens (tertiary/aromatic N) is 1. The summed E-state index contributed by atoms with van der Waals surface area (Å²) in [5.74, 6) is 0. The minimum Gasteiger partial charge on any atom is -0.399 e. The number of fused-ring (bicyclic) bond motifs is 11. The second kappa shape index (κ2) is 12.2. The molecule has 1 unspecified atom stereocenters. The highest BCUT2D eigenvalue weighted by atomic mass is 15.0. The molecule has 2 aliphatic rings. The van der Waals surface area contributed by atoms with Crippen LogP contribution in [-0.2, 0) is 10.8 Å². The zero-order valence-corrected chi connectivity index (χ0v) is 29.2. The van der Waals surface area contributed by atoms with E-state index < -0.39 is 5.41 Å². The molecule has 0 saturated carbocycles. The van der Waals surface area contributed by atoms with Crippen LogP contribution in [0.3, 0.4) is 0 Å². The largest absolute Gasteiger partial charge is 0.399 e. The molecule has 0 fully saturated rings. The summed E-state index contributed by atoms with van der Waals surface area (Å²) in [6, 6.07) is 60.7. The van der Waals surface area contributed by atoms with Gasteiger partial charge in [0.15, 0.2) is 0 Å². The molecule has 244 valence electrons. The van der Waals surface area contributed by atoms with E-state index in [0.29, 0.717) is 0 Å². The number of aryl methyl sites for hydroxylation is 2. The van der Waals surface area contributed by atoms with Gasteiger partial charge in [-0.2, -0.15) is 0 Å². The maximum Gasteiger partial charge on any atom is 0.0749 e. The molecule has 0 saturated heterocycles. The summed E-state index contributed by atoms with van der Waals surface area (Å²) in [5.41, 5.74) is 21.2. The minimum atomic E-state index is -0.461. The molecule has 50 heavy (non-hydrogen) atoms. The van der Waals surface area contributed by atoms with Crippen LogP contribution < -0.4 is 5.73 Å².